The highest BCUT2D eigenvalue weighted by atomic mass is 19.1. The van der Waals surface area contributed by atoms with Gasteiger partial charge in [-0.1, -0.05) is 13.0 Å². The van der Waals surface area contributed by atoms with E-state index in [0.29, 0.717) is 17.7 Å². The lowest BCUT2D eigenvalue weighted by molar-refractivity contribution is -0.114. The van der Waals surface area contributed by atoms with Crippen LogP contribution in [0, 0.1) is 11.7 Å². The second-order valence-corrected chi connectivity index (χ2v) is 6.35. The summed E-state index contributed by atoms with van der Waals surface area (Å²) in [5, 5.41) is 9.22. The smallest absolute Gasteiger partial charge is 0.246 e. The van der Waals surface area contributed by atoms with Gasteiger partial charge >= 0.3 is 0 Å². The molecule has 0 radical (unpaired) electrons. The molecule has 2 rings (SSSR count). The first-order chi connectivity index (χ1) is 11.6. The number of nitrogens with zero attached hydrogens (tertiary/aromatic N) is 1. The number of rotatable bonds is 5. The number of benzene rings is 1. The molecule has 0 atom stereocenters. The fourth-order valence-corrected chi connectivity index (χ4v) is 2.84. The zero-order valence-corrected chi connectivity index (χ0v) is 14.4. The standard InChI is InChI=1S/C18H27FN4O/c1-3-20-18(23-15-9-7-13(2)8-10-15)21-12-17(24)22-16-6-4-5-14(19)11-16/h4-6,11,13,15H,3,7-10,12H2,1-2H3,(H,22,24)(H2,20,21,23). The van der Waals surface area contributed by atoms with E-state index in [9.17, 15) is 9.18 Å². The Balaban J connectivity index is 1.86. The molecule has 1 aromatic rings. The van der Waals surface area contributed by atoms with Gasteiger partial charge in [-0.2, -0.15) is 0 Å². The summed E-state index contributed by atoms with van der Waals surface area (Å²) in [4.78, 5) is 16.3. The molecule has 0 aromatic heterocycles. The number of halogens is 1. The van der Waals surface area contributed by atoms with E-state index in [1.165, 1.54) is 25.0 Å². The molecule has 132 valence electrons. The van der Waals surface area contributed by atoms with Crippen molar-refractivity contribution in [2.45, 2.75) is 45.6 Å². The van der Waals surface area contributed by atoms with E-state index in [2.05, 4.69) is 27.9 Å². The van der Waals surface area contributed by atoms with Gasteiger partial charge in [-0.05, 0) is 56.7 Å². The third kappa shape index (κ3) is 6.18. The van der Waals surface area contributed by atoms with Gasteiger partial charge < -0.3 is 16.0 Å². The minimum Gasteiger partial charge on any atom is -0.357 e. The number of aliphatic imine (C=N–C) groups is 1. The lowest BCUT2D eigenvalue weighted by Gasteiger charge is -2.28. The molecule has 0 saturated heterocycles. The van der Waals surface area contributed by atoms with Gasteiger partial charge in [-0.25, -0.2) is 9.38 Å². The number of carbonyl (C=O) groups excluding carboxylic acids is 1. The van der Waals surface area contributed by atoms with Crippen molar-refractivity contribution in [1.82, 2.24) is 10.6 Å². The predicted octanol–water partition coefficient (Wildman–Crippen LogP) is 2.90. The number of nitrogens with one attached hydrogen (secondary N) is 3. The Bertz CT molecular complexity index is 568. The quantitative estimate of drug-likeness (QED) is 0.573. The molecule has 6 heteroatoms. The van der Waals surface area contributed by atoms with Crippen LogP contribution in [0.15, 0.2) is 29.3 Å². The van der Waals surface area contributed by atoms with Crippen LogP contribution in [0.2, 0.25) is 0 Å². The van der Waals surface area contributed by atoms with Crippen molar-refractivity contribution in [2.75, 3.05) is 18.4 Å². The zero-order valence-electron chi connectivity index (χ0n) is 14.4. The third-order valence-electron chi connectivity index (χ3n) is 4.19. The van der Waals surface area contributed by atoms with Crippen molar-refractivity contribution in [3.8, 4) is 0 Å². The Morgan fingerprint density at radius 1 is 1.29 bits per heavy atom. The van der Waals surface area contributed by atoms with E-state index >= 15 is 0 Å². The molecule has 0 heterocycles. The SMILES string of the molecule is CCNC(=NCC(=O)Nc1cccc(F)c1)NC1CCC(C)CC1. The van der Waals surface area contributed by atoms with Gasteiger partial charge in [-0.3, -0.25) is 4.79 Å². The summed E-state index contributed by atoms with van der Waals surface area (Å²) in [7, 11) is 0. The summed E-state index contributed by atoms with van der Waals surface area (Å²) in [5.41, 5.74) is 0.439. The fourth-order valence-electron chi connectivity index (χ4n) is 2.84. The molecule has 0 bridgehead atoms. The Labute approximate surface area is 143 Å². The molecule has 1 aliphatic carbocycles. The normalized spacial score (nSPS) is 21.2. The van der Waals surface area contributed by atoms with Gasteiger partial charge in [-0.15, -0.1) is 0 Å². The van der Waals surface area contributed by atoms with Gasteiger partial charge in [0.05, 0.1) is 0 Å². The molecule has 3 N–H and O–H groups in total. The van der Waals surface area contributed by atoms with E-state index in [1.54, 1.807) is 12.1 Å². The monoisotopic (exact) mass is 334 g/mol. The molecular weight excluding hydrogens is 307 g/mol. The van der Waals surface area contributed by atoms with Crippen LogP contribution in [0.1, 0.15) is 39.5 Å². The molecular formula is C18H27FN4O. The average Bonchev–Trinajstić information content (AvgIpc) is 2.55. The van der Waals surface area contributed by atoms with E-state index in [4.69, 9.17) is 0 Å². The molecule has 0 aliphatic heterocycles. The van der Waals surface area contributed by atoms with Gasteiger partial charge in [0, 0.05) is 18.3 Å². The number of anilines is 1. The maximum Gasteiger partial charge on any atom is 0.246 e. The van der Waals surface area contributed by atoms with Crippen LogP contribution < -0.4 is 16.0 Å². The Morgan fingerprint density at radius 2 is 2.04 bits per heavy atom. The Morgan fingerprint density at radius 3 is 2.71 bits per heavy atom. The number of carbonyl (C=O) groups is 1. The summed E-state index contributed by atoms with van der Waals surface area (Å²) in [6.45, 7) is 5.01. The molecule has 1 saturated carbocycles. The average molecular weight is 334 g/mol. The highest BCUT2D eigenvalue weighted by molar-refractivity contribution is 5.94. The van der Waals surface area contributed by atoms with Crippen molar-refractivity contribution < 1.29 is 9.18 Å². The Kier molecular flexibility index (Phi) is 7.03. The first-order valence-corrected chi connectivity index (χ1v) is 8.67. The van der Waals surface area contributed by atoms with Crippen LogP contribution in [0.25, 0.3) is 0 Å². The van der Waals surface area contributed by atoms with Crippen molar-refractivity contribution >= 4 is 17.6 Å². The van der Waals surface area contributed by atoms with E-state index in [0.717, 1.165) is 25.3 Å². The molecule has 5 nitrogen and oxygen atoms in total. The van der Waals surface area contributed by atoms with Crippen molar-refractivity contribution in [2.24, 2.45) is 10.9 Å². The minimum absolute atomic E-state index is 0.00499. The van der Waals surface area contributed by atoms with Gasteiger partial charge in [0.1, 0.15) is 12.4 Å². The van der Waals surface area contributed by atoms with Crippen LogP contribution in [-0.4, -0.2) is 31.0 Å². The fraction of sp³-hybridized carbons (Fsp3) is 0.556. The summed E-state index contributed by atoms with van der Waals surface area (Å²) in [6, 6.07) is 6.24. The molecule has 24 heavy (non-hydrogen) atoms. The Hall–Kier alpha value is -2.11. The molecule has 1 fully saturated rings. The number of amides is 1. The third-order valence-corrected chi connectivity index (χ3v) is 4.19. The minimum atomic E-state index is -0.377. The first kappa shape index (κ1) is 18.2. The highest BCUT2D eigenvalue weighted by Gasteiger charge is 2.18. The summed E-state index contributed by atoms with van der Waals surface area (Å²) < 4.78 is 13.1. The van der Waals surface area contributed by atoms with E-state index in [1.807, 2.05) is 6.92 Å². The van der Waals surface area contributed by atoms with E-state index in [-0.39, 0.29) is 18.3 Å². The molecule has 1 aromatic carbocycles. The molecule has 0 unspecified atom stereocenters. The van der Waals surface area contributed by atoms with Crippen LogP contribution in [0.4, 0.5) is 10.1 Å². The van der Waals surface area contributed by atoms with Crippen LogP contribution in [-0.2, 0) is 4.79 Å². The van der Waals surface area contributed by atoms with Crippen molar-refractivity contribution in [3.63, 3.8) is 0 Å². The maximum absolute atomic E-state index is 13.1. The maximum atomic E-state index is 13.1. The zero-order chi connectivity index (χ0) is 17.4. The van der Waals surface area contributed by atoms with Gasteiger partial charge in [0.15, 0.2) is 5.96 Å². The second-order valence-electron chi connectivity index (χ2n) is 6.35. The van der Waals surface area contributed by atoms with Gasteiger partial charge in [0.2, 0.25) is 5.91 Å². The molecule has 1 amide bonds. The highest BCUT2D eigenvalue weighted by Crippen LogP contribution is 2.23. The second kappa shape index (κ2) is 9.25. The lowest BCUT2D eigenvalue weighted by Crippen LogP contribution is -2.45. The van der Waals surface area contributed by atoms with Crippen LogP contribution in [0.3, 0.4) is 0 Å². The number of hydrogen-bond donors (Lipinski definition) is 3. The van der Waals surface area contributed by atoms with Crippen LogP contribution in [0.5, 0.6) is 0 Å². The number of hydrogen-bond acceptors (Lipinski definition) is 2. The predicted molar refractivity (Wildman–Crippen MR) is 95.6 cm³/mol. The summed E-state index contributed by atoms with van der Waals surface area (Å²) in [5.74, 6) is 0.805. The summed E-state index contributed by atoms with van der Waals surface area (Å²) in [6.07, 6.45) is 4.69. The van der Waals surface area contributed by atoms with E-state index < -0.39 is 0 Å². The topological polar surface area (TPSA) is 65.5 Å². The van der Waals surface area contributed by atoms with Gasteiger partial charge in [0.25, 0.3) is 0 Å². The lowest BCUT2D eigenvalue weighted by atomic mass is 9.87. The van der Waals surface area contributed by atoms with Crippen LogP contribution >= 0.6 is 0 Å². The first-order valence-electron chi connectivity index (χ1n) is 8.67. The largest absolute Gasteiger partial charge is 0.357 e. The number of guanidine groups is 1. The van der Waals surface area contributed by atoms with Crippen molar-refractivity contribution in [3.05, 3.63) is 30.1 Å². The molecule has 0 spiro atoms. The molecule has 1 aliphatic rings. The van der Waals surface area contributed by atoms with Crippen molar-refractivity contribution in [1.29, 1.82) is 0 Å². The summed E-state index contributed by atoms with van der Waals surface area (Å²) >= 11 is 0.